The molecule has 1 aliphatic rings. The van der Waals surface area contributed by atoms with E-state index in [2.05, 4.69) is 117 Å². The summed E-state index contributed by atoms with van der Waals surface area (Å²) in [4.78, 5) is 9.88. The number of nitrogens with one attached hydrogen (secondary N) is 2. The molecule has 0 aliphatic carbocycles. The fourth-order valence-corrected chi connectivity index (χ4v) is 5.51. The second-order valence-electron chi connectivity index (χ2n) is 12.3. The number of fused-ring (bicyclic) bond motifs is 2. The number of anilines is 2. The minimum absolute atomic E-state index is 0.818. The zero-order chi connectivity index (χ0) is 41.4. The first-order valence-corrected chi connectivity index (χ1v) is 19.8. The van der Waals surface area contributed by atoms with Gasteiger partial charge in [0, 0.05) is 24.3 Å². The van der Waals surface area contributed by atoms with Gasteiger partial charge in [-0.25, -0.2) is 47.3 Å². The molecule has 0 amide bonds. The normalized spacial score (nSPS) is 14.4. The third-order valence-electron chi connectivity index (χ3n) is 8.13. The van der Waals surface area contributed by atoms with Crippen LogP contribution in [0.1, 0.15) is 22.3 Å². The fraction of sp³-hybridized carbons (Fsp3) is 0.0476. The van der Waals surface area contributed by atoms with Crippen molar-refractivity contribution in [2.45, 2.75) is 12.8 Å². The molecule has 3 heterocycles. The molecular weight excluding hydrogens is 787 g/mol. The Bertz CT molecular complexity index is 2160. The molecule has 14 nitrogen and oxygen atoms in total. The average molecular weight is 824 g/mol. The summed E-state index contributed by atoms with van der Waals surface area (Å²) in [6.45, 7) is 0. The summed E-state index contributed by atoms with van der Waals surface area (Å²) in [6.07, 6.45) is 17.8. The summed E-state index contributed by atoms with van der Waals surface area (Å²) < 4.78 is 72.1. The van der Waals surface area contributed by atoms with Crippen molar-refractivity contribution >= 4 is 46.6 Å². The third-order valence-corrected chi connectivity index (χ3v) is 8.13. The average Bonchev–Trinajstić information content (AvgIpc) is 3.19. The number of halogens is 2. The molecule has 1 aliphatic heterocycles. The standard InChI is InChI=1S/C42H36N6.2ClHO4/c1-3-11-33(12-4-1)27-35-19-23-47(24-20-35)37-29-43-39-15-7-9-17-41(39)45-31-38(32-46-42-18-10-8-16-40(42)44-30-37)48-25-21-36(22-26-48)28-34-13-5-2-6-14-34;2*2-1(3,4)5/h1-26,29-32,43,46H,27-28H2;2*(H,2,3,4,5)/q+2;;/p-2/b37-29+,38-32+,44-30?,45-31?;;. The zero-order valence-corrected chi connectivity index (χ0v) is 32.1. The molecule has 0 bridgehead atoms. The number of aromatic nitrogens is 2. The lowest BCUT2D eigenvalue weighted by Gasteiger charge is -2.17. The van der Waals surface area contributed by atoms with Crippen molar-refractivity contribution < 1.29 is 66.9 Å². The molecule has 6 aromatic rings. The molecule has 0 saturated heterocycles. The highest BCUT2D eigenvalue weighted by atomic mass is 35.7. The van der Waals surface area contributed by atoms with Crippen LogP contribution in [0.15, 0.2) is 181 Å². The Kier molecular flexibility index (Phi) is 15.5. The van der Waals surface area contributed by atoms with Crippen molar-refractivity contribution in [1.82, 2.24) is 0 Å². The van der Waals surface area contributed by atoms with E-state index in [0.717, 1.165) is 47.0 Å². The lowest BCUT2D eigenvalue weighted by atomic mass is 10.1. The number of allylic oxidation sites excluding steroid dienone is 2. The molecule has 2 N–H and O–H groups in total. The summed E-state index contributed by atoms with van der Waals surface area (Å²) in [6, 6.07) is 45.7. The molecule has 2 aromatic heterocycles. The molecule has 58 heavy (non-hydrogen) atoms. The lowest BCUT2D eigenvalue weighted by molar-refractivity contribution is -2.00. The van der Waals surface area contributed by atoms with Crippen molar-refractivity contribution in [3.63, 3.8) is 0 Å². The summed E-state index contributed by atoms with van der Waals surface area (Å²) >= 11 is 0. The van der Waals surface area contributed by atoms with Gasteiger partial charge in [-0.2, -0.15) is 9.13 Å². The molecule has 296 valence electrons. The van der Waals surface area contributed by atoms with Crippen molar-refractivity contribution in [2.24, 2.45) is 9.98 Å². The van der Waals surface area contributed by atoms with E-state index in [0.29, 0.717) is 0 Å². The van der Waals surface area contributed by atoms with E-state index in [9.17, 15) is 0 Å². The van der Waals surface area contributed by atoms with Crippen molar-refractivity contribution in [3.05, 3.63) is 193 Å². The van der Waals surface area contributed by atoms with Crippen LogP contribution in [0.2, 0.25) is 0 Å². The van der Waals surface area contributed by atoms with Crippen LogP contribution in [-0.4, -0.2) is 12.4 Å². The monoisotopic (exact) mass is 822 g/mol. The van der Waals surface area contributed by atoms with Crippen LogP contribution in [0.3, 0.4) is 0 Å². The Balaban J connectivity index is 0.000000574. The lowest BCUT2D eigenvalue weighted by Crippen LogP contribution is -2.68. The largest absolute Gasteiger partial charge is 0.354 e. The van der Waals surface area contributed by atoms with Crippen molar-refractivity contribution in [2.75, 3.05) is 10.6 Å². The highest BCUT2D eigenvalue weighted by molar-refractivity contribution is 6.02. The van der Waals surface area contributed by atoms with Gasteiger partial charge in [-0.3, -0.25) is 0 Å². The van der Waals surface area contributed by atoms with E-state index in [1.807, 2.05) is 85.5 Å². The van der Waals surface area contributed by atoms with Crippen LogP contribution in [0.25, 0.3) is 11.4 Å². The number of hydrogen-bond donors (Lipinski definition) is 2. The minimum Gasteiger partial charge on any atom is -0.354 e. The molecule has 0 unspecified atom stereocenters. The number of aliphatic imine (C=N–C) groups is 2. The summed E-state index contributed by atoms with van der Waals surface area (Å²) in [7, 11) is -9.89. The van der Waals surface area contributed by atoms with Crippen LogP contribution in [0.5, 0.6) is 0 Å². The van der Waals surface area contributed by atoms with E-state index in [1.165, 1.54) is 22.3 Å². The summed E-state index contributed by atoms with van der Waals surface area (Å²) in [5, 5.41) is 7.00. The van der Waals surface area contributed by atoms with Crippen LogP contribution in [0, 0.1) is 20.5 Å². The molecular formula is C42H36Cl2N6O8. The molecule has 0 radical (unpaired) electrons. The van der Waals surface area contributed by atoms with E-state index in [4.69, 9.17) is 47.3 Å². The predicted molar refractivity (Wildman–Crippen MR) is 197 cm³/mol. The molecule has 0 spiro atoms. The van der Waals surface area contributed by atoms with E-state index < -0.39 is 20.5 Å². The summed E-state index contributed by atoms with van der Waals surface area (Å²) in [5.74, 6) is 0. The number of pyridine rings is 2. The topological polar surface area (TPSA) is 241 Å². The molecule has 0 atom stereocenters. The Morgan fingerprint density at radius 2 is 0.690 bits per heavy atom. The van der Waals surface area contributed by atoms with Crippen LogP contribution in [-0.2, 0) is 12.8 Å². The second kappa shape index (κ2) is 20.9. The van der Waals surface area contributed by atoms with E-state index in [-0.39, 0.29) is 0 Å². The van der Waals surface area contributed by atoms with E-state index >= 15 is 0 Å². The van der Waals surface area contributed by atoms with Gasteiger partial charge in [-0.15, -0.1) is 20.5 Å². The Morgan fingerprint density at radius 3 is 1.03 bits per heavy atom. The molecule has 16 heteroatoms. The maximum Gasteiger partial charge on any atom is 0.245 e. The predicted octanol–water partition coefficient (Wildman–Crippen LogP) is -1.13. The second-order valence-corrected chi connectivity index (χ2v) is 13.8. The highest BCUT2D eigenvalue weighted by Crippen LogP contribution is 2.27. The van der Waals surface area contributed by atoms with E-state index in [1.54, 1.807) is 0 Å². The van der Waals surface area contributed by atoms with Crippen LogP contribution >= 0.6 is 0 Å². The number of hydrogen-bond acceptors (Lipinski definition) is 12. The molecule has 7 rings (SSSR count). The van der Waals surface area contributed by atoms with Crippen LogP contribution in [0.4, 0.5) is 22.7 Å². The number of nitrogens with zero attached hydrogens (tertiary/aromatic N) is 4. The van der Waals surface area contributed by atoms with Gasteiger partial charge >= 0.3 is 0 Å². The van der Waals surface area contributed by atoms with Gasteiger partial charge in [0.15, 0.2) is 24.8 Å². The van der Waals surface area contributed by atoms with Gasteiger partial charge in [0.25, 0.3) is 0 Å². The van der Waals surface area contributed by atoms with Crippen LogP contribution < -0.4 is 57.0 Å². The Hall–Kier alpha value is -6.14. The molecule has 0 saturated carbocycles. The highest BCUT2D eigenvalue weighted by Gasteiger charge is 2.13. The number of benzene rings is 4. The van der Waals surface area contributed by atoms with Gasteiger partial charge < -0.3 is 10.6 Å². The maximum absolute atomic E-state index is 8.49. The zero-order valence-electron chi connectivity index (χ0n) is 30.5. The Morgan fingerprint density at radius 1 is 0.397 bits per heavy atom. The van der Waals surface area contributed by atoms with Gasteiger partial charge in [0.1, 0.15) is 12.4 Å². The van der Waals surface area contributed by atoms with Gasteiger partial charge in [-0.1, -0.05) is 84.9 Å². The summed E-state index contributed by atoms with van der Waals surface area (Å²) in [5.41, 5.74) is 10.2. The fourth-order valence-electron chi connectivity index (χ4n) is 5.51. The van der Waals surface area contributed by atoms with Gasteiger partial charge in [0.2, 0.25) is 11.4 Å². The first-order valence-electron chi connectivity index (χ1n) is 17.3. The first kappa shape index (κ1) is 43.0. The molecule has 0 fully saturated rings. The minimum atomic E-state index is -4.94. The van der Waals surface area contributed by atoms with Gasteiger partial charge in [-0.05, 0) is 59.4 Å². The third kappa shape index (κ3) is 15.4. The number of para-hydroxylation sites is 4. The smallest absolute Gasteiger partial charge is 0.245 e. The quantitative estimate of drug-likeness (QED) is 0.192. The SMILES string of the molecule is C1=Nc2ccccc2N/C=C(/[n+]2ccc(Cc3ccccc3)cc2)C=Nc2ccccc2N/C=C\1[n+]1ccc(Cc2ccccc2)cc1.[O-][Cl+3]([O-])([O-])[O-].[O-][Cl+3]([O-])([O-])[O-]. The maximum atomic E-state index is 8.49. The Labute approximate surface area is 338 Å². The first-order chi connectivity index (χ1) is 27.8. The molecule has 4 aromatic carbocycles. The van der Waals surface area contributed by atoms with Crippen molar-refractivity contribution in [3.8, 4) is 0 Å². The number of rotatable bonds is 6. The van der Waals surface area contributed by atoms with Gasteiger partial charge in [0.05, 0.1) is 35.1 Å². The van der Waals surface area contributed by atoms with Crippen molar-refractivity contribution in [1.29, 1.82) is 0 Å².